The number of phenolic OH excluding ortho intramolecular Hbond substituents is 2. The SMILES string of the molecule is C=CC(=C)Cc1cc2c(cc1O)OCC1c3ccc(O)c(CC(=C)C=C)c3OC21. The Morgan fingerprint density at radius 1 is 1.00 bits per heavy atom. The monoisotopic (exact) mass is 388 g/mol. The summed E-state index contributed by atoms with van der Waals surface area (Å²) < 4.78 is 12.3. The molecule has 2 N–H and O–H groups in total. The Bertz CT molecular complexity index is 1050. The zero-order chi connectivity index (χ0) is 20.7. The third-order valence-corrected chi connectivity index (χ3v) is 5.61. The molecule has 2 aromatic rings. The highest BCUT2D eigenvalue weighted by Gasteiger charge is 2.42. The fourth-order valence-corrected chi connectivity index (χ4v) is 3.98. The minimum absolute atomic E-state index is 0.00819. The van der Waals surface area contributed by atoms with Gasteiger partial charge in [-0.15, -0.1) is 0 Å². The molecule has 4 heteroatoms. The second-order valence-corrected chi connectivity index (χ2v) is 7.53. The van der Waals surface area contributed by atoms with Crippen LogP contribution in [0.1, 0.15) is 34.3 Å². The maximum atomic E-state index is 10.4. The van der Waals surface area contributed by atoms with E-state index in [0.717, 1.165) is 27.8 Å². The van der Waals surface area contributed by atoms with E-state index >= 15 is 0 Å². The molecule has 4 nitrogen and oxygen atoms in total. The lowest BCUT2D eigenvalue weighted by molar-refractivity contribution is 0.138. The maximum Gasteiger partial charge on any atom is 0.138 e. The summed E-state index contributed by atoms with van der Waals surface area (Å²) >= 11 is 0. The van der Waals surface area contributed by atoms with Crippen LogP contribution in [0.2, 0.25) is 0 Å². The average Bonchev–Trinajstić information content (AvgIpc) is 3.09. The van der Waals surface area contributed by atoms with E-state index in [0.29, 0.717) is 36.5 Å². The minimum Gasteiger partial charge on any atom is -0.508 e. The molecule has 2 aliphatic rings. The predicted octanol–water partition coefficient (Wildman–Crippen LogP) is 5.28. The van der Waals surface area contributed by atoms with Gasteiger partial charge in [0.15, 0.2) is 0 Å². The van der Waals surface area contributed by atoms with Gasteiger partial charge < -0.3 is 19.7 Å². The Hall–Kier alpha value is -3.40. The van der Waals surface area contributed by atoms with Gasteiger partial charge in [-0.3, -0.25) is 0 Å². The van der Waals surface area contributed by atoms with Crippen LogP contribution >= 0.6 is 0 Å². The van der Waals surface area contributed by atoms with Gasteiger partial charge in [0.25, 0.3) is 0 Å². The average molecular weight is 388 g/mol. The molecule has 0 aliphatic carbocycles. The fraction of sp³-hybridized carbons (Fsp3) is 0.200. The molecular weight excluding hydrogens is 364 g/mol. The highest BCUT2D eigenvalue weighted by Crippen LogP contribution is 2.54. The quantitative estimate of drug-likeness (QED) is 0.661. The zero-order valence-electron chi connectivity index (χ0n) is 16.3. The number of rotatable bonds is 6. The van der Waals surface area contributed by atoms with Gasteiger partial charge in [-0.25, -0.2) is 0 Å². The Balaban J connectivity index is 1.75. The first-order valence-electron chi connectivity index (χ1n) is 9.53. The van der Waals surface area contributed by atoms with E-state index in [1.54, 1.807) is 24.3 Å². The van der Waals surface area contributed by atoms with Crippen molar-refractivity contribution in [3.8, 4) is 23.0 Å². The summed E-state index contributed by atoms with van der Waals surface area (Å²) in [6.07, 6.45) is 4.08. The highest BCUT2D eigenvalue weighted by atomic mass is 16.5. The molecule has 2 aromatic carbocycles. The van der Waals surface area contributed by atoms with E-state index in [1.807, 2.05) is 12.1 Å². The fourth-order valence-electron chi connectivity index (χ4n) is 3.98. The van der Waals surface area contributed by atoms with E-state index in [1.165, 1.54) is 0 Å². The number of allylic oxidation sites excluding steroid dienone is 4. The Morgan fingerprint density at radius 2 is 1.72 bits per heavy atom. The number of aromatic hydroxyl groups is 2. The molecule has 0 saturated heterocycles. The molecule has 2 atom stereocenters. The summed E-state index contributed by atoms with van der Waals surface area (Å²) in [6.45, 7) is 15.8. The highest BCUT2D eigenvalue weighted by molar-refractivity contribution is 5.59. The van der Waals surface area contributed by atoms with Crippen molar-refractivity contribution in [3.63, 3.8) is 0 Å². The molecule has 148 valence electrons. The molecular formula is C25H24O4. The summed E-state index contributed by atoms with van der Waals surface area (Å²) in [4.78, 5) is 0. The van der Waals surface area contributed by atoms with Gasteiger partial charge in [-0.2, -0.15) is 0 Å². The van der Waals surface area contributed by atoms with Gasteiger partial charge >= 0.3 is 0 Å². The minimum atomic E-state index is -0.248. The predicted molar refractivity (Wildman–Crippen MR) is 114 cm³/mol. The molecule has 2 aliphatic heterocycles. The number of ether oxygens (including phenoxy) is 2. The molecule has 0 fully saturated rings. The number of phenols is 2. The Labute approximate surface area is 170 Å². The lowest BCUT2D eigenvalue weighted by Crippen LogP contribution is -2.23. The first kappa shape index (κ1) is 18.9. The molecule has 0 spiro atoms. The Kier molecular flexibility index (Phi) is 4.71. The van der Waals surface area contributed by atoms with Gasteiger partial charge in [-0.05, 0) is 17.7 Å². The van der Waals surface area contributed by atoms with Crippen LogP contribution in [0.5, 0.6) is 23.0 Å². The van der Waals surface area contributed by atoms with E-state index in [2.05, 4.69) is 26.3 Å². The van der Waals surface area contributed by atoms with E-state index < -0.39 is 0 Å². The van der Waals surface area contributed by atoms with Crippen LogP contribution in [0, 0.1) is 0 Å². The first-order valence-corrected chi connectivity index (χ1v) is 9.53. The van der Waals surface area contributed by atoms with E-state index in [4.69, 9.17) is 9.47 Å². The van der Waals surface area contributed by atoms with Gasteiger partial charge in [-0.1, -0.05) is 55.7 Å². The molecule has 0 aromatic heterocycles. The van der Waals surface area contributed by atoms with Crippen molar-refractivity contribution in [3.05, 3.63) is 96.1 Å². The first-order chi connectivity index (χ1) is 13.9. The van der Waals surface area contributed by atoms with Crippen molar-refractivity contribution in [1.82, 2.24) is 0 Å². The summed E-state index contributed by atoms with van der Waals surface area (Å²) in [7, 11) is 0. The van der Waals surface area contributed by atoms with Crippen LogP contribution < -0.4 is 9.47 Å². The van der Waals surface area contributed by atoms with Crippen molar-refractivity contribution >= 4 is 0 Å². The summed E-state index contributed by atoms with van der Waals surface area (Å²) in [5, 5.41) is 20.8. The van der Waals surface area contributed by atoms with Gasteiger partial charge in [0.2, 0.25) is 0 Å². The lowest BCUT2D eigenvalue weighted by atomic mass is 9.87. The van der Waals surface area contributed by atoms with Crippen LogP contribution in [0.3, 0.4) is 0 Å². The second-order valence-electron chi connectivity index (χ2n) is 7.53. The Morgan fingerprint density at radius 3 is 2.45 bits per heavy atom. The number of hydrogen-bond donors (Lipinski definition) is 2. The number of fused-ring (bicyclic) bond motifs is 5. The molecule has 29 heavy (non-hydrogen) atoms. The third kappa shape index (κ3) is 3.21. The van der Waals surface area contributed by atoms with Crippen LogP contribution in [0.4, 0.5) is 0 Å². The molecule has 0 amide bonds. The van der Waals surface area contributed by atoms with Gasteiger partial charge in [0.1, 0.15) is 29.1 Å². The largest absolute Gasteiger partial charge is 0.508 e. The third-order valence-electron chi connectivity index (χ3n) is 5.61. The molecule has 2 unspecified atom stereocenters. The van der Waals surface area contributed by atoms with E-state index in [9.17, 15) is 10.2 Å². The topological polar surface area (TPSA) is 58.9 Å². The van der Waals surface area contributed by atoms with Crippen LogP contribution in [-0.2, 0) is 12.8 Å². The van der Waals surface area contributed by atoms with Crippen LogP contribution in [0.15, 0.2) is 73.9 Å². The molecule has 2 heterocycles. The van der Waals surface area contributed by atoms with Crippen LogP contribution in [-0.4, -0.2) is 16.8 Å². The zero-order valence-corrected chi connectivity index (χ0v) is 16.3. The summed E-state index contributed by atoms with van der Waals surface area (Å²) in [5.41, 5.74) is 4.98. The van der Waals surface area contributed by atoms with Crippen molar-refractivity contribution in [1.29, 1.82) is 0 Å². The molecule has 0 radical (unpaired) electrons. The summed E-state index contributed by atoms with van der Waals surface area (Å²) in [6, 6.07) is 7.15. The summed E-state index contributed by atoms with van der Waals surface area (Å²) in [5.74, 6) is 1.66. The number of benzene rings is 2. The van der Waals surface area contributed by atoms with Gasteiger partial charge in [0.05, 0.1) is 12.5 Å². The lowest BCUT2D eigenvalue weighted by Gasteiger charge is -2.28. The van der Waals surface area contributed by atoms with Gasteiger partial charge in [0, 0.05) is 35.6 Å². The smallest absolute Gasteiger partial charge is 0.138 e. The maximum absolute atomic E-state index is 10.4. The molecule has 4 rings (SSSR count). The molecule has 0 saturated carbocycles. The second kappa shape index (κ2) is 7.21. The van der Waals surface area contributed by atoms with Crippen molar-refractivity contribution in [2.24, 2.45) is 0 Å². The normalized spacial score (nSPS) is 18.5. The van der Waals surface area contributed by atoms with Crippen molar-refractivity contribution in [2.75, 3.05) is 6.61 Å². The van der Waals surface area contributed by atoms with E-state index in [-0.39, 0.29) is 23.5 Å². The van der Waals surface area contributed by atoms with Crippen molar-refractivity contribution in [2.45, 2.75) is 24.9 Å². The molecule has 0 bridgehead atoms. The standard InChI is InChI=1S/C25H24O4/c1-5-14(3)9-16-11-19-23(12-22(16)27)28-13-20-17-7-8-21(26)18(10-15(4)6-2)24(17)29-25(19)20/h5-8,11-12,20,25-27H,1-4,9-10,13H2. The van der Waals surface area contributed by atoms with Crippen molar-refractivity contribution < 1.29 is 19.7 Å². The number of hydrogen-bond acceptors (Lipinski definition) is 4. The van der Waals surface area contributed by atoms with Crippen LogP contribution in [0.25, 0.3) is 0 Å².